The minimum Gasteiger partial charge on any atom is -0.468 e. The first-order chi connectivity index (χ1) is 12.8. The predicted octanol–water partition coefficient (Wildman–Crippen LogP) is 5.08. The number of para-hydroxylation sites is 1. The number of rotatable bonds is 6. The van der Waals surface area contributed by atoms with Gasteiger partial charge < -0.3 is 9.73 Å². The van der Waals surface area contributed by atoms with Gasteiger partial charge in [0.2, 0.25) is 0 Å². The Morgan fingerprint density at radius 2 is 1.85 bits per heavy atom. The zero-order valence-electron chi connectivity index (χ0n) is 14.1. The molecule has 2 aromatic carbocycles. The molecular formula is C21H18ClN3O. The molecule has 0 unspecified atom stereocenters. The van der Waals surface area contributed by atoms with Crippen LogP contribution in [0.1, 0.15) is 11.3 Å². The Hall–Kier alpha value is -2.82. The van der Waals surface area contributed by atoms with Crippen molar-refractivity contribution in [2.45, 2.75) is 13.1 Å². The highest BCUT2D eigenvalue weighted by atomic mass is 35.5. The van der Waals surface area contributed by atoms with Gasteiger partial charge in [0.1, 0.15) is 5.76 Å². The highest BCUT2D eigenvalue weighted by Gasteiger charge is 2.12. The molecule has 0 atom stereocenters. The smallest absolute Gasteiger partial charge is 0.117 e. The Balaban J connectivity index is 1.64. The highest BCUT2D eigenvalue weighted by molar-refractivity contribution is 6.30. The third-order valence-electron chi connectivity index (χ3n) is 4.10. The molecule has 0 radical (unpaired) electrons. The van der Waals surface area contributed by atoms with Crippen molar-refractivity contribution in [1.29, 1.82) is 0 Å². The van der Waals surface area contributed by atoms with Crippen molar-refractivity contribution in [2.75, 3.05) is 0 Å². The monoisotopic (exact) mass is 363 g/mol. The van der Waals surface area contributed by atoms with Crippen LogP contribution in [0.4, 0.5) is 0 Å². The van der Waals surface area contributed by atoms with Gasteiger partial charge in [-0.2, -0.15) is 5.10 Å². The lowest BCUT2D eigenvalue weighted by Gasteiger charge is -2.04. The van der Waals surface area contributed by atoms with E-state index in [2.05, 4.69) is 11.5 Å². The van der Waals surface area contributed by atoms with Crippen LogP contribution in [-0.2, 0) is 13.1 Å². The summed E-state index contributed by atoms with van der Waals surface area (Å²) in [5, 5.41) is 8.92. The van der Waals surface area contributed by atoms with Gasteiger partial charge in [0.05, 0.1) is 24.2 Å². The van der Waals surface area contributed by atoms with Crippen molar-refractivity contribution in [1.82, 2.24) is 15.1 Å². The van der Waals surface area contributed by atoms with E-state index in [1.54, 1.807) is 6.26 Å². The summed E-state index contributed by atoms with van der Waals surface area (Å²) in [6.45, 7) is 1.34. The van der Waals surface area contributed by atoms with Gasteiger partial charge in [-0.3, -0.25) is 0 Å². The van der Waals surface area contributed by atoms with E-state index in [1.165, 1.54) is 0 Å². The summed E-state index contributed by atoms with van der Waals surface area (Å²) in [7, 11) is 0. The average Bonchev–Trinajstić information content (AvgIpc) is 3.33. The molecule has 4 rings (SSSR count). The summed E-state index contributed by atoms with van der Waals surface area (Å²) in [6, 6.07) is 21.7. The molecule has 26 heavy (non-hydrogen) atoms. The van der Waals surface area contributed by atoms with E-state index < -0.39 is 0 Å². The lowest BCUT2D eigenvalue weighted by molar-refractivity contribution is 0.483. The topological polar surface area (TPSA) is 43.0 Å². The minimum absolute atomic E-state index is 0.665. The van der Waals surface area contributed by atoms with E-state index in [1.807, 2.05) is 71.4 Å². The van der Waals surface area contributed by atoms with Crippen molar-refractivity contribution < 1.29 is 4.42 Å². The average molecular weight is 364 g/mol. The zero-order chi connectivity index (χ0) is 17.8. The first-order valence-electron chi connectivity index (χ1n) is 8.42. The number of nitrogens with zero attached hydrogens (tertiary/aromatic N) is 2. The molecule has 0 saturated heterocycles. The molecule has 0 bridgehead atoms. The number of hydrogen-bond acceptors (Lipinski definition) is 3. The molecule has 130 valence electrons. The van der Waals surface area contributed by atoms with Crippen LogP contribution >= 0.6 is 11.6 Å². The summed E-state index contributed by atoms with van der Waals surface area (Å²) in [5.74, 6) is 0.907. The fourth-order valence-electron chi connectivity index (χ4n) is 2.86. The molecule has 0 aliphatic heterocycles. The van der Waals surface area contributed by atoms with Crippen LogP contribution in [0.25, 0.3) is 16.9 Å². The highest BCUT2D eigenvalue weighted by Crippen LogP contribution is 2.26. The van der Waals surface area contributed by atoms with Crippen LogP contribution in [0.15, 0.2) is 83.6 Å². The fourth-order valence-corrected chi connectivity index (χ4v) is 3.05. The summed E-state index contributed by atoms with van der Waals surface area (Å²) in [5.41, 5.74) is 4.04. The second kappa shape index (κ2) is 7.60. The molecule has 1 N–H and O–H groups in total. The third-order valence-corrected chi connectivity index (χ3v) is 4.34. The quantitative estimate of drug-likeness (QED) is 0.519. The summed E-state index contributed by atoms with van der Waals surface area (Å²) < 4.78 is 7.28. The second-order valence-electron chi connectivity index (χ2n) is 5.98. The number of benzene rings is 2. The standard InChI is InChI=1S/C21H18ClN3O/c22-18-7-4-6-16(12-18)21-17(13-23-14-20-10-5-11-26-20)15-25(24-21)19-8-2-1-3-9-19/h1-12,15,23H,13-14H2. The van der Waals surface area contributed by atoms with Crippen LogP contribution in [0.5, 0.6) is 0 Å². The van der Waals surface area contributed by atoms with Gasteiger partial charge in [0.25, 0.3) is 0 Å². The van der Waals surface area contributed by atoms with E-state index in [9.17, 15) is 0 Å². The maximum Gasteiger partial charge on any atom is 0.117 e. The number of nitrogens with one attached hydrogen (secondary N) is 1. The Labute approximate surface area is 157 Å². The number of furan rings is 1. The summed E-state index contributed by atoms with van der Waals surface area (Å²) >= 11 is 6.18. The Morgan fingerprint density at radius 3 is 2.62 bits per heavy atom. The molecule has 0 aliphatic rings. The maximum absolute atomic E-state index is 6.18. The van der Waals surface area contributed by atoms with E-state index >= 15 is 0 Å². The first-order valence-corrected chi connectivity index (χ1v) is 8.80. The van der Waals surface area contributed by atoms with Gasteiger partial charge >= 0.3 is 0 Å². The van der Waals surface area contributed by atoms with Crippen molar-refractivity contribution >= 4 is 11.6 Å². The molecular weight excluding hydrogens is 346 g/mol. The molecule has 4 nitrogen and oxygen atoms in total. The van der Waals surface area contributed by atoms with Gasteiger partial charge in [-0.1, -0.05) is 41.9 Å². The van der Waals surface area contributed by atoms with E-state index in [0.29, 0.717) is 18.1 Å². The molecule has 0 amide bonds. The predicted molar refractivity (Wildman–Crippen MR) is 103 cm³/mol. The Morgan fingerprint density at radius 1 is 0.962 bits per heavy atom. The summed E-state index contributed by atoms with van der Waals surface area (Å²) in [6.07, 6.45) is 3.74. The third kappa shape index (κ3) is 3.72. The lowest BCUT2D eigenvalue weighted by atomic mass is 10.1. The van der Waals surface area contributed by atoms with Crippen molar-refractivity contribution in [3.63, 3.8) is 0 Å². The van der Waals surface area contributed by atoms with Crippen LogP contribution in [-0.4, -0.2) is 9.78 Å². The van der Waals surface area contributed by atoms with Crippen molar-refractivity contribution in [2.24, 2.45) is 0 Å². The molecule has 0 fully saturated rings. The molecule has 0 aliphatic carbocycles. The Kier molecular flexibility index (Phi) is 4.86. The van der Waals surface area contributed by atoms with Gasteiger partial charge in [-0.05, 0) is 36.4 Å². The minimum atomic E-state index is 0.665. The number of hydrogen-bond donors (Lipinski definition) is 1. The molecule has 0 saturated carbocycles. The van der Waals surface area contributed by atoms with Crippen LogP contribution in [0, 0.1) is 0 Å². The van der Waals surface area contributed by atoms with E-state index in [4.69, 9.17) is 21.1 Å². The maximum atomic E-state index is 6.18. The van der Waals surface area contributed by atoms with Crippen molar-refractivity contribution in [3.8, 4) is 16.9 Å². The van der Waals surface area contributed by atoms with Gasteiger partial charge in [0.15, 0.2) is 0 Å². The molecule has 4 aromatic rings. The SMILES string of the molecule is Clc1cccc(-c2nn(-c3ccccc3)cc2CNCc2ccco2)c1. The van der Waals surface area contributed by atoms with Crippen molar-refractivity contribution in [3.05, 3.63) is 95.5 Å². The zero-order valence-corrected chi connectivity index (χ0v) is 14.9. The van der Waals surface area contributed by atoms with Crippen LogP contribution < -0.4 is 5.32 Å². The van der Waals surface area contributed by atoms with Crippen LogP contribution in [0.2, 0.25) is 5.02 Å². The number of halogens is 1. The second-order valence-corrected chi connectivity index (χ2v) is 6.41. The van der Waals surface area contributed by atoms with Gasteiger partial charge in [-0.25, -0.2) is 4.68 Å². The largest absolute Gasteiger partial charge is 0.468 e. The first kappa shape index (κ1) is 16.6. The van der Waals surface area contributed by atoms with E-state index in [-0.39, 0.29) is 0 Å². The Bertz CT molecular complexity index is 978. The fraction of sp³-hybridized carbons (Fsp3) is 0.0952. The van der Waals surface area contributed by atoms with Gasteiger partial charge in [0, 0.05) is 28.9 Å². The number of aromatic nitrogens is 2. The summed E-state index contributed by atoms with van der Waals surface area (Å²) in [4.78, 5) is 0. The van der Waals surface area contributed by atoms with Gasteiger partial charge in [-0.15, -0.1) is 0 Å². The molecule has 2 heterocycles. The lowest BCUT2D eigenvalue weighted by Crippen LogP contribution is -2.12. The molecule has 5 heteroatoms. The normalized spacial score (nSPS) is 11.0. The van der Waals surface area contributed by atoms with E-state index in [0.717, 1.165) is 28.3 Å². The van der Waals surface area contributed by atoms with Crippen LogP contribution in [0.3, 0.4) is 0 Å². The molecule has 0 spiro atoms. The molecule has 2 aromatic heterocycles.